The summed E-state index contributed by atoms with van der Waals surface area (Å²) in [5, 5.41) is 11.7. The predicted molar refractivity (Wildman–Crippen MR) is 87.6 cm³/mol. The van der Waals surface area contributed by atoms with E-state index in [1.54, 1.807) is 6.20 Å². The lowest BCUT2D eigenvalue weighted by atomic mass is 10.2. The van der Waals surface area contributed by atoms with Crippen LogP contribution in [0.4, 0.5) is 17.3 Å². The standard InChI is InChI=1S/C17H17N5/c1-22-12-11-18-17(22)21-20-16-9-7-15(8-10-16)19-13-14-5-3-2-4-6-14/h2-12,19H,13H2,1H3. The van der Waals surface area contributed by atoms with E-state index in [-0.39, 0.29) is 0 Å². The van der Waals surface area contributed by atoms with Gasteiger partial charge in [-0.05, 0) is 29.8 Å². The van der Waals surface area contributed by atoms with Gasteiger partial charge in [0.25, 0.3) is 0 Å². The number of hydrogen-bond acceptors (Lipinski definition) is 4. The van der Waals surface area contributed by atoms with E-state index in [0.29, 0.717) is 5.95 Å². The lowest BCUT2D eigenvalue weighted by Crippen LogP contribution is -1.98. The molecule has 0 bridgehead atoms. The molecule has 0 amide bonds. The van der Waals surface area contributed by atoms with Crippen LogP contribution < -0.4 is 5.32 Å². The average molecular weight is 291 g/mol. The zero-order valence-electron chi connectivity index (χ0n) is 12.3. The summed E-state index contributed by atoms with van der Waals surface area (Å²) in [6.07, 6.45) is 3.54. The molecule has 110 valence electrons. The average Bonchev–Trinajstić information content (AvgIpc) is 2.98. The first-order chi connectivity index (χ1) is 10.8. The quantitative estimate of drug-likeness (QED) is 0.706. The molecule has 5 heteroatoms. The maximum absolute atomic E-state index is 4.18. The van der Waals surface area contributed by atoms with Crippen molar-refractivity contribution in [1.29, 1.82) is 0 Å². The summed E-state index contributed by atoms with van der Waals surface area (Å²) < 4.78 is 1.82. The van der Waals surface area contributed by atoms with Crippen LogP contribution in [0.15, 0.2) is 77.2 Å². The molecule has 3 aromatic rings. The van der Waals surface area contributed by atoms with Crippen LogP contribution in [0.3, 0.4) is 0 Å². The molecule has 0 atom stereocenters. The second-order valence-electron chi connectivity index (χ2n) is 4.92. The van der Waals surface area contributed by atoms with E-state index in [4.69, 9.17) is 0 Å². The Balaban J connectivity index is 1.61. The third-order valence-corrected chi connectivity index (χ3v) is 3.26. The highest BCUT2D eigenvalue weighted by Crippen LogP contribution is 2.19. The van der Waals surface area contributed by atoms with Crippen LogP contribution in [-0.2, 0) is 13.6 Å². The zero-order chi connectivity index (χ0) is 15.2. The Bertz CT molecular complexity index is 744. The second kappa shape index (κ2) is 6.67. The molecule has 2 aromatic carbocycles. The summed E-state index contributed by atoms with van der Waals surface area (Å²) in [6, 6.07) is 18.1. The van der Waals surface area contributed by atoms with Gasteiger partial charge in [0.2, 0.25) is 5.95 Å². The van der Waals surface area contributed by atoms with E-state index in [9.17, 15) is 0 Å². The molecule has 1 aromatic heterocycles. The Morgan fingerprint density at radius 2 is 1.77 bits per heavy atom. The van der Waals surface area contributed by atoms with Gasteiger partial charge in [-0.3, -0.25) is 0 Å². The topological polar surface area (TPSA) is 54.6 Å². The molecule has 1 heterocycles. The monoisotopic (exact) mass is 291 g/mol. The molecular formula is C17H17N5. The Kier molecular flexibility index (Phi) is 4.25. The van der Waals surface area contributed by atoms with E-state index in [1.165, 1.54) is 5.56 Å². The van der Waals surface area contributed by atoms with Gasteiger partial charge in [-0.1, -0.05) is 30.3 Å². The van der Waals surface area contributed by atoms with Gasteiger partial charge >= 0.3 is 0 Å². The number of aromatic nitrogens is 2. The molecule has 22 heavy (non-hydrogen) atoms. The van der Waals surface area contributed by atoms with Crippen LogP contribution in [0.1, 0.15) is 5.56 Å². The van der Waals surface area contributed by atoms with Crippen LogP contribution in [0.2, 0.25) is 0 Å². The number of aryl methyl sites for hydroxylation is 1. The first kappa shape index (κ1) is 14.0. The molecule has 5 nitrogen and oxygen atoms in total. The Morgan fingerprint density at radius 1 is 1.00 bits per heavy atom. The van der Waals surface area contributed by atoms with Crippen molar-refractivity contribution in [2.75, 3.05) is 5.32 Å². The van der Waals surface area contributed by atoms with Gasteiger partial charge in [0.05, 0.1) is 5.69 Å². The molecule has 0 fully saturated rings. The lowest BCUT2D eigenvalue weighted by molar-refractivity contribution is 0.893. The highest BCUT2D eigenvalue weighted by Gasteiger charge is 1.97. The Hall–Kier alpha value is -2.95. The van der Waals surface area contributed by atoms with E-state index >= 15 is 0 Å². The summed E-state index contributed by atoms with van der Waals surface area (Å²) in [5.41, 5.74) is 3.11. The van der Waals surface area contributed by atoms with Crippen molar-refractivity contribution < 1.29 is 0 Å². The van der Waals surface area contributed by atoms with E-state index in [0.717, 1.165) is 17.9 Å². The molecule has 0 radical (unpaired) electrons. The number of azo groups is 1. The van der Waals surface area contributed by atoms with Crippen LogP contribution in [0, 0.1) is 0 Å². The highest BCUT2D eigenvalue weighted by molar-refractivity contribution is 5.51. The number of hydrogen-bond donors (Lipinski definition) is 1. The number of imidazole rings is 1. The molecule has 3 rings (SSSR count). The Morgan fingerprint density at radius 3 is 2.45 bits per heavy atom. The second-order valence-corrected chi connectivity index (χ2v) is 4.92. The van der Waals surface area contributed by atoms with Crippen molar-refractivity contribution in [2.45, 2.75) is 6.54 Å². The normalized spacial score (nSPS) is 11.0. The maximum Gasteiger partial charge on any atom is 0.249 e. The first-order valence-electron chi connectivity index (χ1n) is 7.08. The Labute approximate surface area is 129 Å². The third-order valence-electron chi connectivity index (χ3n) is 3.26. The lowest BCUT2D eigenvalue weighted by Gasteiger charge is -2.06. The zero-order valence-corrected chi connectivity index (χ0v) is 12.3. The summed E-state index contributed by atoms with van der Waals surface area (Å²) in [5.74, 6) is 0.589. The fraction of sp³-hybridized carbons (Fsp3) is 0.118. The smallest absolute Gasteiger partial charge is 0.249 e. The molecule has 0 saturated heterocycles. The maximum atomic E-state index is 4.18. The molecule has 1 N–H and O–H groups in total. The summed E-state index contributed by atoms with van der Waals surface area (Å²) in [6.45, 7) is 0.801. The van der Waals surface area contributed by atoms with E-state index in [1.807, 2.05) is 60.3 Å². The van der Waals surface area contributed by atoms with E-state index < -0.39 is 0 Å². The summed E-state index contributed by atoms with van der Waals surface area (Å²) in [7, 11) is 1.89. The van der Waals surface area contributed by atoms with Gasteiger partial charge in [-0.25, -0.2) is 4.98 Å². The van der Waals surface area contributed by atoms with Crippen molar-refractivity contribution in [3.05, 3.63) is 72.6 Å². The van der Waals surface area contributed by atoms with Crippen molar-refractivity contribution in [3.8, 4) is 0 Å². The minimum Gasteiger partial charge on any atom is -0.381 e. The van der Waals surface area contributed by atoms with Crippen molar-refractivity contribution in [3.63, 3.8) is 0 Å². The minimum absolute atomic E-state index is 0.589. The summed E-state index contributed by atoms with van der Waals surface area (Å²) in [4.78, 5) is 4.10. The largest absolute Gasteiger partial charge is 0.381 e. The van der Waals surface area contributed by atoms with Gasteiger partial charge < -0.3 is 9.88 Å². The van der Waals surface area contributed by atoms with E-state index in [2.05, 4.69) is 32.7 Å². The van der Waals surface area contributed by atoms with Crippen LogP contribution >= 0.6 is 0 Å². The van der Waals surface area contributed by atoms with Gasteiger partial charge in [-0.2, -0.15) is 0 Å². The number of nitrogens with one attached hydrogen (secondary N) is 1. The van der Waals surface area contributed by atoms with Crippen molar-refractivity contribution >= 4 is 17.3 Å². The van der Waals surface area contributed by atoms with Gasteiger partial charge in [0.1, 0.15) is 0 Å². The predicted octanol–water partition coefficient (Wildman–Crippen LogP) is 4.45. The highest BCUT2D eigenvalue weighted by atomic mass is 15.2. The molecule has 0 unspecified atom stereocenters. The van der Waals surface area contributed by atoms with Crippen molar-refractivity contribution in [2.24, 2.45) is 17.3 Å². The fourth-order valence-corrected chi connectivity index (χ4v) is 2.00. The number of nitrogens with zero attached hydrogens (tertiary/aromatic N) is 4. The number of anilines is 1. The van der Waals surface area contributed by atoms with Crippen LogP contribution in [-0.4, -0.2) is 9.55 Å². The van der Waals surface area contributed by atoms with Crippen molar-refractivity contribution in [1.82, 2.24) is 9.55 Å². The van der Waals surface area contributed by atoms with Gasteiger partial charge in [0, 0.05) is 31.7 Å². The third kappa shape index (κ3) is 3.58. The number of rotatable bonds is 5. The summed E-state index contributed by atoms with van der Waals surface area (Å²) >= 11 is 0. The van der Waals surface area contributed by atoms with Gasteiger partial charge in [0.15, 0.2) is 0 Å². The molecule has 0 aliphatic carbocycles. The molecular weight excluding hydrogens is 274 g/mol. The van der Waals surface area contributed by atoms with Crippen LogP contribution in [0.5, 0.6) is 0 Å². The molecule has 0 spiro atoms. The fourth-order valence-electron chi connectivity index (χ4n) is 2.00. The molecule has 0 aliphatic rings. The molecule has 0 aliphatic heterocycles. The number of benzene rings is 2. The molecule has 0 saturated carbocycles. The SMILES string of the molecule is Cn1ccnc1N=Nc1ccc(NCc2ccccc2)cc1. The minimum atomic E-state index is 0.589. The first-order valence-corrected chi connectivity index (χ1v) is 7.08. The van der Waals surface area contributed by atoms with Gasteiger partial charge in [-0.15, -0.1) is 10.2 Å². The van der Waals surface area contributed by atoms with Crippen LogP contribution in [0.25, 0.3) is 0 Å².